The first-order valence-electron chi connectivity index (χ1n) is 11.7. The number of carbonyl (C=O) groups excluding carboxylic acids is 3. The molecule has 4 aliphatic rings. The van der Waals surface area contributed by atoms with Gasteiger partial charge in [-0.1, -0.05) is 38.5 Å². The minimum atomic E-state index is -3.66. The van der Waals surface area contributed by atoms with Crippen molar-refractivity contribution in [1.29, 1.82) is 0 Å². The van der Waals surface area contributed by atoms with Crippen LogP contribution in [-0.4, -0.2) is 70.7 Å². The number of nitrogens with zero attached hydrogens (tertiary/aromatic N) is 2. The van der Waals surface area contributed by atoms with E-state index in [-0.39, 0.29) is 24.3 Å². The molecule has 0 aromatic carbocycles. The number of fused-ring (bicyclic) bond motifs is 1. The van der Waals surface area contributed by atoms with Crippen LogP contribution in [0.1, 0.15) is 84.5 Å². The van der Waals surface area contributed by atoms with Crippen molar-refractivity contribution in [2.24, 2.45) is 0 Å². The van der Waals surface area contributed by atoms with Crippen molar-refractivity contribution >= 4 is 27.6 Å². The monoisotopic (exact) mass is 453 g/mol. The van der Waals surface area contributed by atoms with Gasteiger partial charge in [0.05, 0.1) is 11.2 Å². The Labute approximate surface area is 185 Å². The third-order valence-electron chi connectivity index (χ3n) is 8.23. The second-order valence-electron chi connectivity index (χ2n) is 10.3. The number of nitrogens with one attached hydrogen (secondary N) is 1. The van der Waals surface area contributed by atoms with E-state index in [1.54, 1.807) is 7.05 Å². The maximum atomic E-state index is 13.8. The fourth-order valence-electron chi connectivity index (χ4n) is 6.04. The Hall–Kier alpha value is -1.64. The molecule has 0 aromatic heterocycles. The molecule has 0 radical (unpaired) electrons. The molecule has 2 atom stereocenters. The fraction of sp³-hybridized carbons (Fsp3) is 0.864. The zero-order valence-electron chi connectivity index (χ0n) is 18.9. The Morgan fingerprint density at radius 2 is 1.61 bits per heavy atom. The molecule has 174 valence electrons. The zero-order chi connectivity index (χ0) is 22.6. The predicted molar refractivity (Wildman–Crippen MR) is 116 cm³/mol. The van der Waals surface area contributed by atoms with E-state index in [4.69, 9.17) is 0 Å². The van der Waals surface area contributed by atoms with E-state index < -0.39 is 37.4 Å². The lowest BCUT2D eigenvalue weighted by Crippen LogP contribution is -2.67. The molecule has 2 saturated carbocycles. The molecule has 2 unspecified atom stereocenters. The number of hydrogen-bond acceptors (Lipinski definition) is 5. The van der Waals surface area contributed by atoms with Crippen LogP contribution in [0.3, 0.4) is 0 Å². The van der Waals surface area contributed by atoms with Gasteiger partial charge in [0, 0.05) is 13.1 Å². The van der Waals surface area contributed by atoms with E-state index >= 15 is 0 Å². The highest BCUT2D eigenvalue weighted by Crippen LogP contribution is 2.47. The van der Waals surface area contributed by atoms with Gasteiger partial charge >= 0.3 is 0 Å². The summed E-state index contributed by atoms with van der Waals surface area (Å²) in [5, 5.41) is 2.28. The summed E-state index contributed by atoms with van der Waals surface area (Å²) >= 11 is 0. The first-order chi connectivity index (χ1) is 14.5. The van der Waals surface area contributed by atoms with Gasteiger partial charge in [-0.25, -0.2) is 8.42 Å². The number of likely N-dealkylation sites (N-methyl/N-ethyl adjacent to an activating group) is 1. The summed E-state index contributed by atoms with van der Waals surface area (Å²) in [7, 11) is -2.04. The van der Waals surface area contributed by atoms with Crippen LogP contribution < -0.4 is 5.32 Å². The van der Waals surface area contributed by atoms with Gasteiger partial charge in [0.2, 0.25) is 17.7 Å². The topological polar surface area (TPSA) is 104 Å². The highest BCUT2D eigenvalue weighted by atomic mass is 32.2. The zero-order valence-corrected chi connectivity index (χ0v) is 19.7. The first kappa shape index (κ1) is 22.6. The van der Waals surface area contributed by atoms with Crippen LogP contribution in [-0.2, 0) is 24.2 Å². The van der Waals surface area contributed by atoms with Gasteiger partial charge in [-0.05, 0) is 39.5 Å². The van der Waals surface area contributed by atoms with E-state index in [0.717, 1.165) is 44.9 Å². The van der Waals surface area contributed by atoms with Crippen molar-refractivity contribution in [3.63, 3.8) is 0 Å². The molecule has 4 rings (SSSR count). The van der Waals surface area contributed by atoms with Crippen molar-refractivity contribution in [3.8, 4) is 0 Å². The minimum absolute atomic E-state index is 0.0629. The van der Waals surface area contributed by atoms with Gasteiger partial charge in [0.1, 0.15) is 17.0 Å². The Bertz CT molecular complexity index is 872. The van der Waals surface area contributed by atoms with Gasteiger partial charge in [-0.3, -0.25) is 14.4 Å². The van der Waals surface area contributed by atoms with Crippen LogP contribution >= 0.6 is 0 Å². The summed E-state index contributed by atoms with van der Waals surface area (Å²) < 4.78 is 24.6. The summed E-state index contributed by atoms with van der Waals surface area (Å²) in [6, 6.07) is -0.955. The Morgan fingerprint density at radius 3 is 2.19 bits per heavy atom. The maximum absolute atomic E-state index is 13.8. The molecule has 31 heavy (non-hydrogen) atoms. The van der Waals surface area contributed by atoms with E-state index in [1.165, 1.54) is 30.1 Å². The molecule has 2 aliphatic heterocycles. The van der Waals surface area contributed by atoms with Crippen LogP contribution in [0.5, 0.6) is 0 Å². The lowest BCUT2D eigenvalue weighted by atomic mass is 9.78. The number of amides is 3. The molecule has 0 spiro atoms. The van der Waals surface area contributed by atoms with Crippen LogP contribution in [0.4, 0.5) is 0 Å². The smallest absolute Gasteiger partial charge is 0.247 e. The van der Waals surface area contributed by atoms with Crippen molar-refractivity contribution in [3.05, 3.63) is 0 Å². The maximum Gasteiger partial charge on any atom is 0.247 e. The number of hydrogen-bond donors (Lipinski definition) is 1. The summed E-state index contributed by atoms with van der Waals surface area (Å²) in [5.74, 6) is -0.875. The normalized spacial score (nSPS) is 31.5. The number of β-lactam (4-membered cyclic amide) rings is 1. The molecule has 0 bridgehead atoms. The van der Waals surface area contributed by atoms with E-state index in [9.17, 15) is 22.8 Å². The number of carbonyl (C=O) groups is 3. The fourth-order valence-corrected chi connectivity index (χ4v) is 8.17. The SMILES string of the molecule is CN(C(=O)C1N2C(=O)CC2S(=O)(=O)C1(C)C)C1(C(=O)NC2CCCCC2)CCCCC1. The Balaban J connectivity index is 1.62. The summed E-state index contributed by atoms with van der Waals surface area (Å²) in [6.07, 6.45) is 9.04. The lowest BCUT2D eigenvalue weighted by molar-refractivity contribution is -0.160. The van der Waals surface area contributed by atoms with Gasteiger partial charge in [0.25, 0.3) is 0 Å². The van der Waals surface area contributed by atoms with E-state index in [2.05, 4.69) is 5.32 Å². The minimum Gasteiger partial charge on any atom is -0.351 e. The van der Waals surface area contributed by atoms with E-state index in [0.29, 0.717) is 12.8 Å². The average Bonchev–Trinajstić information content (AvgIpc) is 2.87. The lowest BCUT2D eigenvalue weighted by Gasteiger charge is -2.47. The second-order valence-corrected chi connectivity index (χ2v) is 13.0. The molecule has 0 aromatic rings. The summed E-state index contributed by atoms with van der Waals surface area (Å²) in [6.45, 7) is 3.06. The van der Waals surface area contributed by atoms with Gasteiger partial charge < -0.3 is 15.1 Å². The molecule has 2 aliphatic carbocycles. The third kappa shape index (κ3) is 3.29. The number of sulfone groups is 1. The van der Waals surface area contributed by atoms with Crippen LogP contribution in [0.25, 0.3) is 0 Å². The van der Waals surface area contributed by atoms with Crippen molar-refractivity contribution in [2.75, 3.05) is 7.05 Å². The summed E-state index contributed by atoms with van der Waals surface area (Å²) in [4.78, 5) is 42.3. The van der Waals surface area contributed by atoms with E-state index in [1.807, 2.05) is 0 Å². The number of rotatable bonds is 4. The second kappa shape index (κ2) is 7.74. The molecule has 1 N–H and O–H groups in total. The predicted octanol–water partition coefficient (Wildman–Crippen LogP) is 1.73. The molecular weight excluding hydrogens is 418 g/mol. The van der Waals surface area contributed by atoms with Crippen molar-refractivity contribution in [1.82, 2.24) is 15.1 Å². The standard InChI is InChI=1S/C22H35N3O5S/c1-21(2)18(25-16(26)14-17(25)31(21,29)30)19(27)24(3)22(12-8-5-9-13-22)20(28)23-15-10-6-4-7-11-15/h15,17-18H,4-14H2,1-3H3,(H,23,28). The summed E-state index contributed by atoms with van der Waals surface area (Å²) in [5.41, 5.74) is -0.987. The Kier molecular flexibility index (Phi) is 5.63. The molecule has 9 heteroatoms. The molecule has 4 fully saturated rings. The molecular formula is C22H35N3O5S. The first-order valence-corrected chi connectivity index (χ1v) is 13.2. The largest absolute Gasteiger partial charge is 0.351 e. The van der Waals surface area contributed by atoms with Gasteiger partial charge in [-0.15, -0.1) is 0 Å². The molecule has 2 heterocycles. The van der Waals surface area contributed by atoms with Crippen molar-refractivity contribution in [2.45, 2.75) is 112 Å². The Morgan fingerprint density at radius 1 is 1.03 bits per heavy atom. The molecule has 2 saturated heterocycles. The van der Waals surface area contributed by atoms with Crippen LogP contribution in [0.2, 0.25) is 0 Å². The van der Waals surface area contributed by atoms with Crippen molar-refractivity contribution < 1.29 is 22.8 Å². The quantitative estimate of drug-likeness (QED) is 0.653. The van der Waals surface area contributed by atoms with Gasteiger partial charge in [0.15, 0.2) is 9.84 Å². The van der Waals surface area contributed by atoms with Gasteiger partial charge in [-0.2, -0.15) is 0 Å². The van der Waals surface area contributed by atoms with Crippen LogP contribution in [0, 0.1) is 0 Å². The highest BCUT2D eigenvalue weighted by molar-refractivity contribution is 7.93. The van der Waals surface area contributed by atoms with Crippen LogP contribution in [0.15, 0.2) is 0 Å². The highest BCUT2D eigenvalue weighted by Gasteiger charge is 2.68. The molecule has 8 nitrogen and oxygen atoms in total. The molecule has 3 amide bonds. The third-order valence-corrected chi connectivity index (χ3v) is 11.0. The average molecular weight is 454 g/mol.